The lowest BCUT2D eigenvalue weighted by atomic mass is 9.80. The van der Waals surface area contributed by atoms with Crippen LogP contribution in [-0.2, 0) is 9.53 Å². The molecule has 18 heavy (non-hydrogen) atoms. The molecule has 2 bridgehead atoms. The molecule has 4 nitrogen and oxygen atoms in total. The molecule has 102 valence electrons. The minimum atomic E-state index is -0.249. The average molecular weight is 252 g/mol. The maximum atomic E-state index is 12.1. The van der Waals surface area contributed by atoms with Crippen molar-refractivity contribution in [3.05, 3.63) is 0 Å². The number of ether oxygens (including phenoxy) is 1. The van der Waals surface area contributed by atoms with E-state index in [4.69, 9.17) is 10.5 Å². The third kappa shape index (κ3) is 2.54. The first-order valence-electron chi connectivity index (χ1n) is 7.38. The molecular weight excluding hydrogens is 228 g/mol. The monoisotopic (exact) mass is 252 g/mol. The molecule has 0 aromatic carbocycles. The van der Waals surface area contributed by atoms with Gasteiger partial charge in [-0.25, -0.2) is 0 Å². The van der Waals surface area contributed by atoms with Gasteiger partial charge in [-0.3, -0.25) is 4.79 Å². The van der Waals surface area contributed by atoms with Gasteiger partial charge < -0.3 is 15.8 Å². The van der Waals surface area contributed by atoms with E-state index in [2.05, 4.69) is 5.32 Å². The van der Waals surface area contributed by atoms with E-state index in [1.807, 2.05) is 0 Å². The van der Waals surface area contributed by atoms with Crippen LogP contribution in [0.4, 0.5) is 0 Å². The van der Waals surface area contributed by atoms with Crippen molar-refractivity contribution in [2.45, 2.75) is 81.6 Å². The van der Waals surface area contributed by atoms with Crippen LogP contribution in [0.25, 0.3) is 0 Å². The standard InChI is InChI=1S/C14H24N2O2/c15-14(6-2-1-3-7-14)9-13(17)16-11-8-10-4-5-12(11)18-10/h10-12H,1-9,15H2,(H,16,17). The summed E-state index contributed by atoms with van der Waals surface area (Å²) in [4.78, 5) is 12.1. The van der Waals surface area contributed by atoms with Gasteiger partial charge in [-0.15, -0.1) is 0 Å². The molecule has 3 atom stereocenters. The number of carbonyl (C=O) groups excluding carboxylic acids is 1. The van der Waals surface area contributed by atoms with Crippen molar-refractivity contribution < 1.29 is 9.53 Å². The van der Waals surface area contributed by atoms with E-state index in [9.17, 15) is 4.79 Å². The van der Waals surface area contributed by atoms with E-state index < -0.39 is 0 Å². The maximum absolute atomic E-state index is 12.1. The molecule has 1 aliphatic carbocycles. The number of nitrogens with two attached hydrogens (primary N) is 1. The summed E-state index contributed by atoms with van der Waals surface area (Å²) in [5.74, 6) is 0.126. The fraction of sp³-hybridized carbons (Fsp3) is 0.929. The molecule has 1 amide bonds. The fourth-order valence-electron chi connectivity index (χ4n) is 3.80. The average Bonchev–Trinajstić information content (AvgIpc) is 2.90. The lowest BCUT2D eigenvalue weighted by Gasteiger charge is -2.33. The van der Waals surface area contributed by atoms with Crippen LogP contribution in [0.15, 0.2) is 0 Å². The number of hydrogen-bond donors (Lipinski definition) is 2. The summed E-state index contributed by atoms with van der Waals surface area (Å²) in [7, 11) is 0. The topological polar surface area (TPSA) is 64.4 Å². The van der Waals surface area contributed by atoms with Gasteiger partial charge in [-0.05, 0) is 32.1 Å². The molecule has 0 aromatic rings. The maximum Gasteiger partial charge on any atom is 0.222 e. The Hall–Kier alpha value is -0.610. The van der Waals surface area contributed by atoms with Crippen LogP contribution < -0.4 is 11.1 Å². The zero-order chi connectivity index (χ0) is 12.6. The quantitative estimate of drug-likeness (QED) is 0.799. The SMILES string of the molecule is NC1(CC(=O)NC2CC3CCC2O3)CCCCC1. The van der Waals surface area contributed by atoms with E-state index in [0.29, 0.717) is 12.5 Å². The number of rotatable bonds is 3. The second-order valence-corrected chi connectivity index (χ2v) is 6.38. The highest BCUT2D eigenvalue weighted by Gasteiger charge is 2.42. The second-order valence-electron chi connectivity index (χ2n) is 6.38. The Kier molecular flexibility index (Phi) is 3.32. The van der Waals surface area contributed by atoms with Gasteiger partial charge in [0.25, 0.3) is 0 Å². The van der Waals surface area contributed by atoms with Crippen LogP contribution in [-0.4, -0.2) is 29.7 Å². The summed E-state index contributed by atoms with van der Waals surface area (Å²) in [5, 5.41) is 3.14. The molecule has 0 radical (unpaired) electrons. The molecule has 2 heterocycles. The Labute approximate surface area is 109 Å². The highest BCUT2D eigenvalue weighted by atomic mass is 16.5. The second kappa shape index (κ2) is 4.82. The van der Waals surface area contributed by atoms with Crippen LogP contribution in [0, 0.1) is 0 Å². The Morgan fingerprint density at radius 2 is 2.06 bits per heavy atom. The van der Waals surface area contributed by atoms with Gasteiger partial charge in [0.1, 0.15) is 0 Å². The van der Waals surface area contributed by atoms with Crippen molar-refractivity contribution in [3.8, 4) is 0 Å². The Balaban J connectivity index is 1.49. The zero-order valence-electron chi connectivity index (χ0n) is 11.0. The summed E-state index contributed by atoms with van der Waals surface area (Å²) in [6.45, 7) is 0. The molecule has 3 N–H and O–H groups in total. The van der Waals surface area contributed by atoms with E-state index in [0.717, 1.165) is 32.1 Å². The molecule has 2 saturated heterocycles. The highest BCUT2D eigenvalue weighted by molar-refractivity contribution is 5.77. The third-order valence-corrected chi connectivity index (χ3v) is 4.81. The fourth-order valence-corrected chi connectivity index (χ4v) is 3.80. The molecular formula is C14H24N2O2. The predicted octanol–water partition coefficient (Wildman–Crippen LogP) is 1.47. The van der Waals surface area contributed by atoms with Gasteiger partial charge in [-0.1, -0.05) is 19.3 Å². The molecule has 1 saturated carbocycles. The Morgan fingerprint density at radius 3 is 2.67 bits per heavy atom. The van der Waals surface area contributed by atoms with Gasteiger partial charge in [0.2, 0.25) is 5.91 Å². The van der Waals surface area contributed by atoms with Crippen LogP contribution in [0.2, 0.25) is 0 Å². The zero-order valence-corrected chi connectivity index (χ0v) is 11.0. The van der Waals surface area contributed by atoms with Crippen molar-refractivity contribution >= 4 is 5.91 Å². The summed E-state index contributed by atoms with van der Waals surface area (Å²) in [6.07, 6.45) is 9.99. The highest BCUT2D eigenvalue weighted by Crippen LogP contribution is 2.34. The van der Waals surface area contributed by atoms with Crippen LogP contribution in [0.5, 0.6) is 0 Å². The largest absolute Gasteiger partial charge is 0.373 e. The number of nitrogens with one attached hydrogen (secondary N) is 1. The van der Waals surface area contributed by atoms with Crippen LogP contribution in [0.1, 0.15) is 57.8 Å². The van der Waals surface area contributed by atoms with Crippen LogP contribution in [0.3, 0.4) is 0 Å². The summed E-state index contributed by atoms with van der Waals surface area (Å²) in [5.41, 5.74) is 6.07. The van der Waals surface area contributed by atoms with Crippen LogP contribution >= 0.6 is 0 Å². The van der Waals surface area contributed by atoms with Gasteiger partial charge in [0.15, 0.2) is 0 Å². The van der Waals surface area contributed by atoms with E-state index in [1.165, 1.54) is 19.3 Å². The first kappa shape index (κ1) is 12.4. The lowest BCUT2D eigenvalue weighted by Crippen LogP contribution is -2.49. The summed E-state index contributed by atoms with van der Waals surface area (Å²) < 4.78 is 5.75. The molecule has 3 unspecified atom stereocenters. The molecule has 3 fully saturated rings. The van der Waals surface area contributed by atoms with Crippen molar-refractivity contribution in [2.24, 2.45) is 5.73 Å². The molecule has 4 heteroatoms. The molecule has 3 rings (SSSR count). The van der Waals surface area contributed by atoms with Crippen molar-refractivity contribution in [3.63, 3.8) is 0 Å². The smallest absolute Gasteiger partial charge is 0.222 e. The molecule has 0 spiro atoms. The molecule has 3 aliphatic rings. The van der Waals surface area contributed by atoms with Crippen molar-refractivity contribution in [1.29, 1.82) is 0 Å². The van der Waals surface area contributed by atoms with Gasteiger partial charge in [0.05, 0.1) is 18.2 Å². The normalized spacial score (nSPS) is 37.7. The van der Waals surface area contributed by atoms with E-state index >= 15 is 0 Å². The third-order valence-electron chi connectivity index (χ3n) is 4.81. The summed E-state index contributed by atoms with van der Waals surface area (Å²) in [6, 6.07) is 0.239. The minimum absolute atomic E-state index is 0.126. The predicted molar refractivity (Wildman–Crippen MR) is 69.1 cm³/mol. The van der Waals surface area contributed by atoms with E-state index in [1.54, 1.807) is 0 Å². The first-order chi connectivity index (χ1) is 8.65. The first-order valence-corrected chi connectivity index (χ1v) is 7.38. The number of carbonyl (C=O) groups is 1. The van der Waals surface area contributed by atoms with Crippen molar-refractivity contribution in [2.75, 3.05) is 0 Å². The van der Waals surface area contributed by atoms with Gasteiger partial charge in [-0.2, -0.15) is 0 Å². The Bertz CT molecular complexity index is 326. The minimum Gasteiger partial charge on any atom is -0.373 e. The lowest BCUT2D eigenvalue weighted by molar-refractivity contribution is -0.123. The molecule has 0 aromatic heterocycles. The Morgan fingerprint density at radius 1 is 1.28 bits per heavy atom. The summed E-state index contributed by atoms with van der Waals surface area (Å²) >= 11 is 0. The van der Waals surface area contributed by atoms with Gasteiger partial charge in [0, 0.05) is 12.0 Å². The molecule has 2 aliphatic heterocycles. The number of hydrogen-bond acceptors (Lipinski definition) is 3. The van der Waals surface area contributed by atoms with Gasteiger partial charge >= 0.3 is 0 Å². The van der Waals surface area contributed by atoms with E-state index in [-0.39, 0.29) is 23.6 Å². The van der Waals surface area contributed by atoms with Crippen molar-refractivity contribution in [1.82, 2.24) is 5.32 Å². The number of fused-ring (bicyclic) bond motifs is 2. The number of amides is 1.